The maximum absolute atomic E-state index is 4.37. The molecule has 0 saturated heterocycles. The fourth-order valence-corrected chi connectivity index (χ4v) is 2.57. The third kappa shape index (κ3) is 2.09. The summed E-state index contributed by atoms with van der Waals surface area (Å²) in [6, 6.07) is 20.7. The van der Waals surface area contributed by atoms with E-state index in [4.69, 9.17) is 0 Å². The van der Waals surface area contributed by atoms with Gasteiger partial charge in [0.15, 0.2) is 6.33 Å². The van der Waals surface area contributed by atoms with Crippen LogP contribution in [0.1, 0.15) is 0 Å². The molecule has 2 aromatic heterocycles. The van der Waals surface area contributed by atoms with Crippen molar-refractivity contribution in [3.63, 3.8) is 0 Å². The van der Waals surface area contributed by atoms with Gasteiger partial charge in [0.1, 0.15) is 18.1 Å². The summed E-state index contributed by atoms with van der Waals surface area (Å²) in [6.45, 7) is 0. The van der Waals surface area contributed by atoms with E-state index in [9.17, 15) is 0 Å². The lowest BCUT2D eigenvalue weighted by Gasteiger charge is -2.03. The first-order chi connectivity index (χ1) is 10.4. The molecule has 4 aromatic rings. The molecule has 0 aliphatic rings. The van der Waals surface area contributed by atoms with Gasteiger partial charge in [-0.05, 0) is 17.5 Å². The van der Waals surface area contributed by atoms with E-state index in [0.29, 0.717) is 0 Å². The zero-order valence-corrected chi connectivity index (χ0v) is 11.4. The second-order valence-corrected chi connectivity index (χ2v) is 4.91. The third-order valence-corrected chi connectivity index (χ3v) is 3.60. The molecule has 0 aliphatic carbocycles. The van der Waals surface area contributed by atoms with E-state index in [-0.39, 0.29) is 0 Å². The van der Waals surface area contributed by atoms with E-state index in [1.165, 1.54) is 16.5 Å². The predicted octanol–water partition coefficient (Wildman–Crippen LogP) is 3.30. The molecular weight excluding hydrogens is 258 g/mol. The molecule has 4 rings (SSSR count). The van der Waals surface area contributed by atoms with Gasteiger partial charge in [0, 0.05) is 11.5 Å². The lowest BCUT2D eigenvalue weighted by Crippen LogP contribution is -2.28. The van der Waals surface area contributed by atoms with Crippen molar-refractivity contribution in [2.45, 2.75) is 0 Å². The lowest BCUT2D eigenvalue weighted by atomic mass is 10.1. The van der Waals surface area contributed by atoms with E-state index < -0.39 is 0 Å². The molecule has 2 aromatic carbocycles. The number of pyridine rings is 1. The van der Waals surface area contributed by atoms with Gasteiger partial charge in [-0.1, -0.05) is 42.5 Å². The first-order valence-electron chi connectivity index (χ1n) is 6.91. The number of hydrogen-bond donors (Lipinski definition) is 0. The van der Waals surface area contributed by atoms with Gasteiger partial charge in [-0.25, -0.2) is 9.13 Å². The molecule has 0 spiro atoms. The summed E-state index contributed by atoms with van der Waals surface area (Å²) in [7, 11) is 0. The van der Waals surface area contributed by atoms with Crippen LogP contribution in [0.5, 0.6) is 0 Å². The van der Waals surface area contributed by atoms with Crippen molar-refractivity contribution in [1.29, 1.82) is 0 Å². The minimum atomic E-state index is 0.913. The molecule has 0 amide bonds. The fraction of sp³-hybridized carbons (Fsp3) is 0. The monoisotopic (exact) mass is 272 g/mol. The lowest BCUT2D eigenvalue weighted by molar-refractivity contribution is -0.598. The van der Waals surface area contributed by atoms with Crippen LogP contribution in [0.2, 0.25) is 0 Å². The highest BCUT2D eigenvalue weighted by Gasteiger charge is 2.10. The SMILES string of the molecule is c1ccc(-[n+]2ccn(-c3cccc4ccccc34)c2)nc1. The quantitative estimate of drug-likeness (QED) is 0.513. The predicted molar refractivity (Wildman–Crippen MR) is 82.6 cm³/mol. The number of benzene rings is 2. The van der Waals surface area contributed by atoms with Crippen molar-refractivity contribution in [3.8, 4) is 11.5 Å². The normalized spacial score (nSPS) is 10.9. The van der Waals surface area contributed by atoms with Gasteiger partial charge in [0.2, 0.25) is 0 Å². The number of aromatic nitrogens is 3. The summed E-state index contributed by atoms with van der Waals surface area (Å²) >= 11 is 0. The van der Waals surface area contributed by atoms with Gasteiger partial charge in [0.05, 0.1) is 6.20 Å². The molecule has 100 valence electrons. The number of fused-ring (bicyclic) bond motifs is 1. The second kappa shape index (κ2) is 4.87. The number of nitrogens with zero attached hydrogens (tertiary/aromatic N) is 3. The highest BCUT2D eigenvalue weighted by molar-refractivity contribution is 5.90. The van der Waals surface area contributed by atoms with E-state index in [2.05, 4.69) is 58.2 Å². The van der Waals surface area contributed by atoms with Gasteiger partial charge < -0.3 is 0 Å². The number of imidazole rings is 1. The first kappa shape index (κ1) is 11.9. The molecular formula is C18H14N3+. The summed E-state index contributed by atoms with van der Waals surface area (Å²) in [5.74, 6) is 0.913. The van der Waals surface area contributed by atoms with Crippen LogP contribution in [-0.4, -0.2) is 9.55 Å². The molecule has 2 heterocycles. The summed E-state index contributed by atoms with van der Waals surface area (Å²) in [5, 5.41) is 2.48. The first-order valence-corrected chi connectivity index (χ1v) is 6.91. The Morgan fingerprint density at radius 3 is 2.62 bits per heavy atom. The fourth-order valence-electron chi connectivity index (χ4n) is 2.57. The van der Waals surface area contributed by atoms with Crippen LogP contribution in [0.25, 0.3) is 22.3 Å². The third-order valence-electron chi connectivity index (χ3n) is 3.60. The van der Waals surface area contributed by atoms with Crippen molar-refractivity contribution in [3.05, 3.63) is 85.6 Å². The Balaban J connectivity index is 1.85. The van der Waals surface area contributed by atoms with Crippen LogP contribution >= 0.6 is 0 Å². The minimum Gasteiger partial charge on any atom is -0.236 e. The summed E-state index contributed by atoms with van der Waals surface area (Å²) in [6.07, 6.45) is 7.92. The maximum atomic E-state index is 4.37. The average molecular weight is 272 g/mol. The second-order valence-electron chi connectivity index (χ2n) is 4.91. The molecule has 3 heteroatoms. The van der Waals surface area contributed by atoms with E-state index in [1.54, 1.807) is 6.20 Å². The number of hydrogen-bond acceptors (Lipinski definition) is 1. The van der Waals surface area contributed by atoms with Crippen LogP contribution < -0.4 is 4.57 Å². The van der Waals surface area contributed by atoms with Crippen molar-refractivity contribution >= 4 is 10.8 Å². The van der Waals surface area contributed by atoms with Crippen molar-refractivity contribution in [2.24, 2.45) is 0 Å². The molecule has 21 heavy (non-hydrogen) atoms. The zero-order chi connectivity index (χ0) is 14.1. The van der Waals surface area contributed by atoms with Gasteiger partial charge in [-0.15, -0.1) is 4.98 Å². The Morgan fingerprint density at radius 2 is 1.71 bits per heavy atom. The molecule has 0 unspecified atom stereocenters. The van der Waals surface area contributed by atoms with Crippen LogP contribution in [0.4, 0.5) is 0 Å². The molecule has 0 aliphatic heterocycles. The molecule has 0 fully saturated rings. The van der Waals surface area contributed by atoms with Crippen molar-refractivity contribution in [2.75, 3.05) is 0 Å². The van der Waals surface area contributed by atoms with Crippen LogP contribution in [0.15, 0.2) is 85.6 Å². The Hall–Kier alpha value is -2.94. The average Bonchev–Trinajstić information content (AvgIpc) is 3.05. The zero-order valence-electron chi connectivity index (χ0n) is 11.4. The van der Waals surface area contributed by atoms with Gasteiger partial charge in [0.25, 0.3) is 5.82 Å². The largest absolute Gasteiger partial charge is 0.266 e. The van der Waals surface area contributed by atoms with Crippen molar-refractivity contribution < 1.29 is 4.57 Å². The summed E-state index contributed by atoms with van der Waals surface area (Å²) < 4.78 is 4.14. The molecule has 0 N–H and O–H groups in total. The maximum Gasteiger partial charge on any atom is 0.266 e. The standard InChI is InChI=1S/C18H14N3/c1-2-8-16-15(6-1)7-5-9-17(16)20-12-13-21(14-20)18-10-3-4-11-19-18/h1-14H/q+1. The van der Waals surface area contributed by atoms with Crippen LogP contribution in [0.3, 0.4) is 0 Å². The molecule has 0 bridgehead atoms. The van der Waals surface area contributed by atoms with Gasteiger partial charge in [-0.2, -0.15) is 0 Å². The Morgan fingerprint density at radius 1 is 0.857 bits per heavy atom. The van der Waals surface area contributed by atoms with Gasteiger partial charge >= 0.3 is 0 Å². The molecule has 0 radical (unpaired) electrons. The Kier molecular flexibility index (Phi) is 2.75. The molecule has 0 saturated carbocycles. The minimum absolute atomic E-state index is 0.913. The smallest absolute Gasteiger partial charge is 0.236 e. The Labute approximate surface area is 122 Å². The van der Waals surface area contributed by atoms with Crippen molar-refractivity contribution in [1.82, 2.24) is 9.55 Å². The number of rotatable bonds is 2. The molecule has 0 atom stereocenters. The highest BCUT2D eigenvalue weighted by atomic mass is 15.1. The van der Waals surface area contributed by atoms with Gasteiger partial charge in [-0.3, -0.25) is 0 Å². The summed E-state index contributed by atoms with van der Waals surface area (Å²) in [4.78, 5) is 4.37. The van der Waals surface area contributed by atoms with E-state index in [0.717, 1.165) is 5.82 Å². The summed E-state index contributed by atoms with van der Waals surface area (Å²) in [5.41, 5.74) is 1.17. The highest BCUT2D eigenvalue weighted by Crippen LogP contribution is 2.21. The topological polar surface area (TPSA) is 21.7 Å². The molecule has 3 nitrogen and oxygen atoms in total. The van der Waals surface area contributed by atoms with E-state index >= 15 is 0 Å². The Bertz CT molecular complexity index is 889. The van der Waals surface area contributed by atoms with Crippen LogP contribution in [0, 0.1) is 0 Å². The van der Waals surface area contributed by atoms with Crippen LogP contribution in [-0.2, 0) is 0 Å². The van der Waals surface area contributed by atoms with E-state index in [1.807, 2.05) is 35.3 Å².